The normalized spacial score (nSPS) is 19.7. The van der Waals surface area contributed by atoms with Crippen LogP contribution in [0.25, 0.3) is 0 Å². The molecular formula is C20H21FN2O2S. The van der Waals surface area contributed by atoms with Crippen molar-refractivity contribution in [2.75, 3.05) is 11.1 Å². The van der Waals surface area contributed by atoms with Gasteiger partial charge in [-0.3, -0.25) is 9.59 Å². The molecule has 3 rings (SSSR count). The van der Waals surface area contributed by atoms with Crippen LogP contribution >= 0.6 is 11.8 Å². The van der Waals surface area contributed by atoms with Crippen molar-refractivity contribution in [3.05, 3.63) is 65.5 Å². The van der Waals surface area contributed by atoms with Gasteiger partial charge in [0.05, 0.1) is 5.25 Å². The number of hydrogen-bond donors (Lipinski definition) is 2. The number of nitrogens with one attached hydrogen (secondary N) is 2. The zero-order chi connectivity index (χ0) is 18.5. The van der Waals surface area contributed by atoms with Crippen LogP contribution in [0.1, 0.15) is 18.1 Å². The topological polar surface area (TPSA) is 58.2 Å². The van der Waals surface area contributed by atoms with Crippen LogP contribution in [0.15, 0.2) is 48.5 Å². The summed E-state index contributed by atoms with van der Waals surface area (Å²) in [5.74, 6) is -0.141. The first-order chi connectivity index (χ1) is 12.6. The summed E-state index contributed by atoms with van der Waals surface area (Å²) >= 11 is 1.46. The molecule has 0 radical (unpaired) electrons. The molecule has 26 heavy (non-hydrogen) atoms. The fourth-order valence-corrected chi connectivity index (χ4v) is 4.08. The number of carbonyl (C=O) groups is 2. The molecule has 2 N–H and O–H groups in total. The summed E-state index contributed by atoms with van der Waals surface area (Å²) in [6, 6.07) is 13.3. The number of halogens is 1. The Labute approximate surface area is 156 Å². The molecule has 1 aliphatic heterocycles. The van der Waals surface area contributed by atoms with Crippen molar-refractivity contribution in [2.24, 2.45) is 0 Å². The second-order valence-electron chi connectivity index (χ2n) is 6.21. The van der Waals surface area contributed by atoms with Crippen molar-refractivity contribution in [1.82, 2.24) is 5.32 Å². The number of thioether (sulfide) groups is 1. The van der Waals surface area contributed by atoms with Crippen LogP contribution in [-0.4, -0.2) is 28.9 Å². The van der Waals surface area contributed by atoms with Crippen molar-refractivity contribution in [2.45, 2.75) is 31.1 Å². The summed E-state index contributed by atoms with van der Waals surface area (Å²) in [5, 5.41) is 5.45. The van der Waals surface area contributed by atoms with Gasteiger partial charge in [-0.25, -0.2) is 4.39 Å². The number of hydrogen-bond acceptors (Lipinski definition) is 3. The van der Waals surface area contributed by atoms with Gasteiger partial charge in [-0.2, -0.15) is 0 Å². The van der Waals surface area contributed by atoms with E-state index >= 15 is 0 Å². The summed E-state index contributed by atoms with van der Waals surface area (Å²) in [4.78, 5) is 24.9. The van der Waals surface area contributed by atoms with Gasteiger partial charge >= 0.3 is 0 Å². The van der Waals surface area contributed by atoms with Gasteiger partial charge in [-0.1, -0.05) is 37.3 Å². The van der Waals surface area contributed by atoms with Gasteiger partial charge in [-0.15, -0.1) is 11.8 Å². The zero-order valence-corrected chi connectivity index (χ0v) is 15.3. The minimum absolute atomic E-state index is 0.158. The molecule has 0 unspecified atom stereocenters. The first-order valence-corrected chi connectivity index (χ1v) is 9.67. The lowest BCUT2D eigenvalue weighted by Crippen LogP contribution is -2.52. The monoisotopic (exact) mass is 372 g/mol. The number of amides is 2. The van der Waals surface area contributed by atoms with E-state index in [9.17, 15) is 14.0 Å². The molecule has 0 bridgehead atoms. The predicted molar refractivity (Wildman–Crippen MR) is 103 cm³/mol. The quantitative estimate of drug-likeness (QED) is 0.848. The minimum atomic E-state index is -0.554. The molecular weight excluding hydrogens is 351 g/mol. The molecule has 0 saturated carbocycles. The summed E-state index contributed by atoms with van der Waals surface area (Å²) in [7, 11) is 0. The van der Waals surface area contributed by atoms with Gasteiger partial charge < -0.3 is 10.6 Å². The first-order valence-electron chi connectivity index (χ1n) is 8.62. The summed E-state index contributed by atoms with van der Waals surface area (Å²) < 4.78 is 13.0. The van der Waals surface area contributed by atoms with E-state index in [0.717, 1.165) is 23.2 Å². The summed E-state index contributed by atoms with van der Waals surface area (Å²) in [6.45, 7) is 2.03. The highest BCUT2D eigenvalue weighted by atomic mass is 32.2. The van der Waals surface area contributed by atoms with Gasteiger partial charge in [0.25, 0.3) is 0 Å². The Morgan fingerprint density at radius 1 is 1.23 bits per heavy atom. The van der Waals surface area contributed by atoms with E-state index in [-0.39, 0.29) is 22.9 Å². The van der Waals surface area contributed by atoms with Crippen molar-refractivity contribution in [3.8, 4) is 0 Å². The molecule has 136 valence electrons. The average Bonchev–Trinajstić information content (AvgIpc) is 2.65. The SMILES string of the molecule is CCc1ccccc1NC(=O)[C@H]1CS[C@@H](Cc2ccc(F)cc2)C(=O)N1. The Hall–Kier alpha value is -2.34. The number of carbonyl (C=O) groups excluding carboxylic acids is 2. The van der Waals surface area contributed by atoms with Crippen molar-refractivity contribution >= 4 is 29.3 Å². The largest absolute Gasteiger partial charge is 0.343 e. The molecule has 0 spiro atoms. The van der Waals surface area contributed by atoms with E-state index in [1.54, 1.807) is 12.1 Å². The Bertz CT molecular complexity index is 795. The molecule has 2 aromatic carbocycles. The van der Waals surface area contributed by atoms with E-state index in [4.69, 9.17) is 0 Å². The van der Waals surface area contributed by atoms with E-state index in [0.29, 0.717) is 12.2 Å². The van der Waals surface area contributed by atoms with E-state index in [1.165, 1.54) is 23.9 Å². The molecule has 1 fully saturated rings. The molecule has 2 atom stereocenters. The molecule has 2 amide bonds. The lowest BCUT2D eigenvalue weighted by atomic mass is 10.1. The first kappa shape index (κ1) is 18.5. The Morgan fingerprint density at radius 3 is 2.65 bits per heavy atom. The zero-order valence-electron chi connectivity index (χ0n) is 14.5. The van der Waals surface area contributed by atoms with Crippen LogP contribution in [0.4, 0.5) is 10.1 Å². The van der Waals surface area contributed by atoms with E-state index in [1.807, 2.05) is 31.2 Å². The highest BCUT2D eigenvalue weighted by molar-refractivity contribution is 8.00. The number of aryl methyl sites for hydroxylation is 1. The number of para-hydroxylation sites is 1. The molecule has 1 saturated heterocycles. The third kappa shape index (κ3) is 4.43. The standard InChI is InChI=1S/C20H21FN2O2S/c1-2-14-5-3-4-6-16(14)22-19(24)17-12-26-18(20(25)23-17)11-13-7-9-15(21)10-8-13/h3-10,17-18H,2,11-12H2,1H3,(H,22,24)(H,23,25)/t17-,18+/m1/s1. The number of benzene rings is 2. The van der Waals surface area contributed by atoms with Gasteiger partial charge in [-0.05, 0) is 42.2 Å². The Morgan fingerprint density at radius 2 is 1.96 bits per heavy atom. The lowest BCUT2D eigenvalue weighted by molar-refractivity contribution is -0.126. The Kier molecular flexibility index (Phi) is 5.93. The van der Waals surface area contributed by atoms with E-state index < -0.39 is 6.04 Å². The third-order valence-electron chi connectivity index (χ3n) is 4.38. The third-order valence-corrected chi connectivity index (χ3v) is 5.69. The van der Waals surface area contributed by atoms with Crippen molar-refractivity contribution in [3.63, 3.8) is 0 Å². The molecule has 0 aromatic heterocycles. The van der Waals surface area contributed by atoms with Crippen LogP contribution in [-0.2, 0) is 22.4 Å². The molecule has 6 heteroatoms. The van der Waals surface area contributed by atoms with Crippen LogP contribution in [0, 0.1) is 5.82 Å². The second-order valence-corrected chi connectivity index (χ2v) is 7.45. The van der Waals surface area contributed by atoms with Crippen LogP contribution < -0.4 is 10.6 Å². The molecule has 0 aliphatic carbocycles. The van der Waals surface area contributed by atoms with Crippen LogP contribution in [0.5, 0.6) is 0 Å². The molecule has 1 heterocycles. The predicted octanol–water partition coefficient (Wildman–Crippen LogP) is 3.17. The molecule has 4 nitrogen and oxygen atoms in total. The second kappa shape index (κ2) is 8.36. The fraction of sp³-hybridized carbons (Fsp3) is 0.300. The Balaban J connectivity index is 1.58. The van der Waals surface area contributed by atoms with E-state index in [2.05, 4.69) is 10.6 Å². The lowest BCUT2D eigenvalue weighted by Gasteiger charge is -2.28. The van der Waals surface area contributed by atoms with Crippen molar-refractivity contribution < 1.29 is 14.0 Å². The summed E-state index contributed by atoms with van der Waals surface area (Å²) in [6.07, 6.45) is 1.34. The highest BCUT2D eigenvalue weighted by Crippen LogP contribution is 2.23. The highest BCUT2D eigenvalue weighted by Gasteiger charge is 2.32. The van der Waals surface area contributed by atoms with Crippen molar-refractivity contribution in [1.29, 1.82) is 0 Å². The van der Waals surface area contributed by atoms with Crippen LogP contribution in [0.3, 0.4) is 0 Å². The maximum Gasteiger partial charge on any atom is 0.247 e. The molecule has 2 aromatic rings. The smallest absolute Gasteiger partial charge is 0.247 e. The minimum Gasteiger partial charge on any atom is -0.343 e. The average molecular weight is 372 g/mol. The van der Waals surface area contributed by atoms with Gasteiger partial charge in [0.15, 0.2) is 0 Å². The van der Waals surface area contributed by atoms with Gasteiger partial charge in [0.2, 0.25) is 11.8 Å². The fourth-order valence-electron chi connectivity index (χ4n) is 2.89. The van der Waals surface area contributed by atoms with Gasteiger partial charge in [0, 0.05) is 11.4 Å². The number of rotatable bonds is 5. The van der Waals surface area contributed by atoms with Crippen LogP contribution in [0.2, 0.25) is 0 Å². The number of anilines is 1. The van der Waals surface area contributed by atoms with Gasteiger partial charge in [0.1, 0.15) is 11.9 Å². The maximum atomic E-state index is 13.0. The molecule has 1 aliphatic rings. The summed E-state index contributed by atoms with van der Waals surface area (Å²) in [5.41, 5.74) is 2.75. The maximum absolute atomic E-state index is 13.0.